The van der Waals surface area contributed by atoms with Crippen molar-refractivity contribution in [2.45, 2.75) is 39.5 Å². The smallest absolute Gasteiger partial charge is 0.306 e. The molecule has 1 aliphatic carbocycles. The number of hydrogen-bond acceptors (Lipinski definition) is 2. The van der Waals surface area contributed by atoms with E-state index in [9.17, 15) is 4.79 Å². The molecule has 3 unspecified atom stereocenters. The molecule has 2 rings (SSSR count). The van der Waals surface area contributed by atoms with Crippen LogP contribution in [0.4, 0.5) is 0 Å². The first kappa shape index (κ1) is 13.9. The van der Waals surface area contributed by atoms with E-state index < -0.39 is 5.97 Å². The van der Waals surface area contributed by atoms with Gasteiger partial charge in [-0.2, -0.15) is 0 Å². The minimum Gasteiger partial charge on any atom is -0.494 e. The lowest BCUT2D eigenvalue weighted by Crippen LogP contribution is -2.03. The Morgan fingerprint density at radius 1 is 1.53 bits per heavy atom. The molecule has 104 valence electrons. The predicted octanol–water partition coefficient (Wildman–Crippen LogP) is 3.61. The zero-order valence-electron chi connectivity index (χ0n) is 11.8. The molecule has 0 aromatic heterocycles. The molecule has 0 bridgehead atoms. The summed E-state index contributed by atoms with van der Waals surface area (Å²) in [6.07, 6.45) is 1.81. The molecule has 0 aliphatic heterocycles. The van der Waals surface area contributed by atoms with Crippen molar-refractivity contribution < 1.29 is 14.6 Å². The van der Waals surface area contributed by atoms with E-state index in [-0.39, 0.29) is 5.92 Å². The highest BCUT2D eigenvalue weighted by Crippen LogP contribution is 2.45. The summed E-state index contributed by atoms with van der Waals surface area (Å²) in [5.41, 5.74) is 2.53. The summed E-state index contributed by atoms with van der Waals surface area (Å²) in [4.78, 5) is 10.9. The number of aliphatic carboxylic acids is 1. The predicted molar refractivity (Wildman–Crippen MR) is 74.6 cm³/mol. The van der Waals surface area contributed by atoms with Crippen LogP contribution in [0.25, 0.3) is 0 Å². The Bertz CT molecular complexity index is 467. The third-order valence-electron chi connectivity index (χ3n) is 3.98. The number of aryl methyl sites for hydroxylation is 1. The van der Waals surface area contributed by atoms with Crippen molar-refractivity contribution >= 4 is 5.97 Å². The highest BCUT2D eigenvalue weighted by atomic mass is 16.5. The van der Waals surface area contributed by atoms with Gasteiger partial charge in [-0.25, -0.2) is 0 Å². The van der Waals surface area contributed by atoms with E-state index >= 15 is 0 Å². The molecule has 1 N–H and O–H groups in total. The Balaban J connectivity index is 1.99. The van der Waals surface area contributed by atoms with Gasteiger partial charge in [-0.3, -0.25) is 4.79 Å². The van der Waals surface area contributed by atoms with Crippen molar-refractivity contribution in [1.82, 2.24) is 0 Å². The van der Waals surface area contributed by atoms with E-state index in [4.69, 9.17) is 9.84 Å². The average molecular weight is 262 g/mol. The summed E-state index contributed by atoms with van der Waals surface area (Å²) in [5.74, 6) is 0.931. The maximum absolute atomic E-state index is 10.9. The van der Waals surface area contributed by atoms with Gasteiger partial charge in [-0.05, 0) is 61.8 Å². The lowest BCUT2D eigenvalue weighted by Gasteiger charge is -2.15. The van der Waals surface area contributed by atoms with Gasteiger partial charge < -0.3 is 9.84 Å². The molecule has 0 heterocycles. The molecular weight excluding hydrogens is 240 g/mol. The van der Waals surface area contributed by atoms with Crippen LogP contribution in [-0.4, -0.2) is 17.7 Å². The van der Waals surface area contributed by atoms with E-state index in [1.54, 1.807) is 0 Å². The van der Waals surface area contributed by atoms with E-state index in [0.717, 1.165) is 18.6 Å². The Morgan fingerprint density at radius 3 is 2.79 bits per heavy atom. The second-order valence-corrected chi connectivity index (χ2v) is 5.53. The van der Waals surface area contributed by atoms with Crippen molar-refractivity contribution in [3.63, 3.8) is 0 Å². The molecule has 3 atom stereocenters. The second-order valence-electron chi connectivity index (χ2n) is 5.53. The fraction of sp³-hybridized carbons (Fsp3) is 0.562. The Labute approximate surface area is 114 Å². The maximum atomic E-state index is 10.9. The molecule has 0 spiro atoms. The van der Waals surface area contributed by atoms with Crippen LogP contribution in [0, 0.1) is 18.8 Å². The third kappa shape index (κ3) is 3.28. The molecule has 1 aromatic carbocycles. The Kier molecular flexibility index (Phi) is 4.13. The highest BCUT2D eigenvalue weighted by molar-refractivity contribution is 5.73. The fourth-order valence-corrected chi connectivity index (χ4v) is 2.85. The topological polar surface area (TPSA) is 46.5 Å². The Morgan fingerprint density at radius 2 is 2.26 bits per heavy atom. The van der Waals surface area contributed by atoms with Crippen LogP contribution in [-0.2, 0) is 4.79 Å². The van der Waals surface area contributed by atoms with Gasteiger partial charge in [0.15, 0.2) is 0 Å². The van der Waals surface area contributed by atoms with Crippen molar-refractivity contribution in [3.05, 3.63) is 29.3 Å². The highest BCUT2D eigenvalue weighted by Gasteiger charge is 2.43. The van der Waals surface area contributed by atoms with Crippen LogP contribution in [0.1, 0.15) is 43.7 Å². The number of carboxylic acids is 1. The van der Waals surface area contributed by atoms with E-state index in [2.05, 4.69) is 26.0 Å². The van der Waals surface area contributed by atoms with Crippen LogP contribution in [0.3, 0.4) is 0 Å². The number of benzene rings is 1. The molecule has 1 saturated carbocycles. The molecule has 1 fully saturated rings. The van der Waals surface area contributed by atoms with E-state index in [1.165, 1.54) is 11.1 Å². The molecule has 19 heavy (non-hydrogen) atoms. The van der Waals surface area contributed by atoms with Crippen LogP contribution in [0.15, 0.2) is 18.2 Å². The zero-order valence-corrected chi connectivity index (χ0v) is 11.8. The molecule has 1 aliphatic rings. The van der Waals surface area contributed by atoms with Crippen molar-refractivity contribution in [2.75, 3.05) is 6.61 Å². The van der Waals surface area contributed by atoms with Gasteiger partial charge in [-0.1, -0.05) is 13.0 Å². The van der Waals surface area contributed by atoms with Gasteiger partial charge in [0, 0.05) is 0 Å². The van der Waals surface area contributed by atoms with E-state index in [1.807, 2.05) is 13.0 Å². The van der Waals surface area contributed by atoms with Gasteiger partial charge in [0.25, 0.3) is 0 Å². The van der Waals surface area contributed by atoms with Crippen LogP contribution in [0.5, 0.6) is 5.75 Å². The molecule has 3 nitrogen and oxygen atoms in total. The van der Waals surface area contributed by atoms with Gasteiger partial charge in [0.05, 0.1) is 12.5 Å². The monoisotopic (exact) mass is 262 g/mol. The SMILES string of the molecule is CCOc1ccc(C(C)CC2CC2C(=O)O)c(C)c1. The van der Waals surface area contributed by atoms with Crippen molar-refractivity contribution in [1.29, 1.82) is 0 Å². The minimum absolute atomic E-state index is 0.106. The number of carboxylic acid groups (broad SMARTS) is 1. The number of hydrogen-bond donors (Lipinski definition) is 1. The maximum Gasteiger partial charge on any atom is 0.306 e. The standard InChI is InChI=1S/C16H22O3/c1-4-19-13-5-6-14(11(3)8-13)10(2)7-12-9-15(12)16(17)18/h5-6,8,10,12,15H,4,7,9H2,1-3H3,(H,17,18). The first-order valence-electron chi connectivity index (χ1n) is 6.99. The zero-order chi connectivity index (χ0) is 14.0. The van der Waals surface area contributed by atoms with Crippen LogP contribution in [0.2, 0.25) is 0 Å². The summed E-state index contributed by atoms with van der Waals surface area (Å²) >= 11 is 0. The summed E-state index contributed by atoms with van der Waals surface area (Å²) in [5, 5.41) is 8.94. The lowest BCUT2D eigenvalue weighted by molar-refractivity contribution is -0.138. The van der Waals surface area contributed by atoms with Gasteiger partial charge in [0.2, 0.25) is 0 Å². The van der Waals surface area contributed by atoms with Gasteiger partial charge in [0.1, 0.15) is 5.75 Å². The second kappa shape index (κ2) is 5.64. The molecular formula is C16H22O3. The first-order valence-corrected chi connectivity index (χ1v) is 6.99. The number of rotatable bonds is 6. The number of carbonyl (C=O) groups is 1. The molecule has 0 radical (unpaired) electrons. The summed E-state index contributed by atoms with van der Waals surface area (Å²) < 4.78 is 5.49. The number of ether oxygens (including phenoxy) is 1. The van der Waals surface area contributed by atoms with Crippen molar-refractivity contribution in [2.24, 2.45) is 11.8 Å². The fourth-order valence-electron chi connectivity index (χ4n) is 2.85. The summed E-state index contributed by atoms with van der Waals surface area (Å²) in [7, 11) is 0. The molecule has 0 saturated heterocycles. The minimum atomic E-state index is -0.638. The third-order valence-corrected chi connectivity index (χ3v) is 3.98. The average Bonchev–Trinajstić information content (AvgIpc) is 3.08. The first-order chi connectivity index (χ1) is 9.02. The molecule has 0 amide bonds. The van der Waals surface area contributed by atoms with Crippen LogP contribution >= 0.6 is 0 Å². The molecule has 3 heteroatoms. The quantitative estimate of drug-likeness (QED) is 0.852. The van der Waals surface area contributed by atoms with E-state index in [0.29, 0.717) is 18.4 Å². The van der Waals surface area contributed by atoms with Crippen LogP contribution < -0.4 is 4.74 Å². The summed E-state index contributed by atoms with van der Waals surface area (Å²) in [6, 6.07) is 6.18. The Hall–Kier alpha value is -1.51. The largest absolute Gasteiger partial charge is 0.494 e. The summed E-state index contributed by atoms with van der Waals surface area (Å²) in [6.45, 7) is 6.93. The van der Waals surface area contributed by atoms with Crippen molar-refractivity contribution in [3.8, 4) is 5.75 Å². The molecule has 1 aromatic rings. The van der Waals surface area contributed by atoms with Gasteiger partial charge >= 0.3 is 5.97 Å². The lowest BCUT2D eigenvalue weighted by atomic mass is 9.91. The van der Waals surface area contributed by atoms with Gasteiger partial charge in [-0.15, -0.1) is 0 Å². The normalized spacial score (nSPS) is 22.9.